The van der Waals surface area contributed by atoms with Gasteiger partial charge in [-0.15, -0.1) is 0 Å². The van der Waals surface area contributed by atoms with Gasteiger partial charge in [-0.3, -0.25) is 0 Å². The fourth-order valence-corrected chi connectivity index (χ4v) is 2.90. The van der Waals surface area contributed by atoms with E-state index in [9.17, 15) is 10.2 Å². The summed E-state index contributed by atoms with van der Waals surface area (Å²) in [6.07, 6.45) is 3.00. The van der Waals surface area contributed by atoms with Crippen LogP contribution in [0.15, 0.2) is 30.5 Å². The number of benzene rings is 1. The SMILES string of the molecule is C[C@]1(O)CCN(CCc2c[nH]c3ccccc23)C[C@@H]1O. The van der Waals surface area contributed by atoms with Gasteiger partial charge in [0.15, 0.2) is 0 Å². The van der Waals surface area contributed by atoms with Gasteiger partial charge in [0.05, 0.1) is 11.7 Å². The van der Waals surface area contributed by atoms with Crippen molar-refractivity contribution in [3.8, 4) is 0 Å². The molecule has 2 heterocycles. The van der Waals surface area contributed by atoms with Crippen molar-refractivity contribution in [1.82, 2.24) is 9.88 Å². The molecule has 4 heteroatoms. The standard InChI is InChI=1S/C16H22N2O2/c1-16(20)7-9-18(11-15(16)19)8-6-12-10-17-14-5-3-2-4-13(12)14/h2-5,10,15,17,19-20H,6-9,11H2,1H3/t15-,16-/m0/s1. The maximum absolute atomic E-state index is 9.97. The molecule has 0 radical (unpaired) electrons. The fraction of sp³-hybridized carbons (Fsp3) is 0.500. The second-order valence-electron chi connectivity index (χ2n) is 6.03. The molecule has 0 aliphatic carbocycles. The fourth-order valence-electron chi connectivity index (χ4n) is 2.90. The van der Waals surface area contributed by atoms with E-state index in [1.165, 1.54) is 16.5 Å². The number of hydrogen-bond donors (Lipinski definition) is 3. The molecule has 3 rings (SSSR count). The first-order valence-electron chi connectivity index (χ1n) is 7.24. The van der Waals surface area contributed by atoms with Gasteiger partial charge >= 0.3 is 0 Å². The molecule has 20 heavy (non-hydrogen) atoms. The lowest BCUT2D eigenvalue weighted by Crippen LogP contribution is -2.54. The Balaban J connectivity index is 1.63. The smallest absolute Gasteiger partial charge is 0.0951 e. The minimum absolute atomic E-state index is 0.551. The van der Waals surface area contributed by atoms with Gasteiger partial charge in [0.2, 0.25) is 0 Å². The zero-order valence-corrected chi connectivity index (χ0v) is 11.8. The molecule has 0 bridgehead atoms. The van der Waals surface area contributed by atoms with Crippen LogP contribution < -0.4 is 0 Å². The Morgan fingerprint density at radius 2 is 2.20 bits per heavy atom. The van der Waals surface area contributed by atoms with Crippen molar-refractivity contribution in [3.63, 3.8) is 0 Å². The molecule has 0 spiro atoms. The lowest BCUT2D eigenvalue weighted by atomic mass is 9.90. The summed E-state index contributed by atoms with van der Waals surface area (Å²) >= 11 is 0. The monoisotopic (exact) mass is 274 g/mol. The van der Waals surface area contributed by atoms with Gasteiger partial charge in [0, 0.05) is 36.7 Å². The van der Waals surface area contributed by atoms with Crippen molar-refractivity contribution in [3.05, 3.63) is 36.0 Å². The summed E-state index contributed by atoms with van der Waals surface area (Å²) in [6, 6.07) is 8.31. The number of fused-ring (bicyclic) bond motifs is 1. The third-order valence-corrected chi connectivity index (χ3v) is 4.46. The third-order valence-electron chi connectivity index (χ3n) is 4.46. The van der Waals surface area contributed by atoms with Crippen molar-refractivity contribution in [2.45, 2.75) is 31.5 Å². The van der Waals surface area contributed by atoms with E-state index >= 15 is 0 Å². The lowest BCUT2D eigenvalue weighted by molar-refractivity contribution is -0.106. The molecule has 1 aliphatic rings. The number of aromatic amines is 1. The van der Waals surface area contributed by atoms with Crippen LogP contribution in [0.2, 0.25) is 0 Å². The summed E-state index contributed by atoms with van der Waals surface area (Å²) in [4.78, 5) is 5.52. The Labute approximate surface area is 119 Å². The predicted molar refractivity (Wildman–Crippen MR) is 79.7 cm³/mol. The number of nitrogens with zero attached hydrogens (tertiary/aromatic N) is 1. The number of nitrogens with one attached hydrogen (secondary N) is 1. The van der Waals surface area contributed by atoms with Crippen LogP contribution >= 0.6 is 0 Å². The van der Waals surface area contributed by atoms with Crippen molar-refractivity contribution < 1.29 is 10.2 Å². The third kappa shape index (κ3) is 2.59. The zero-order valence-electron chi connectivity index (χ0n) is 11.8. The molecule has 1 fully saturated rings. The van der Waals surface area contributed by atoms with Crippen molar-refractivity contribution in [1.29, 1.82) is 0 Å². The minimum Gasteiger partial charge on any atom is -0.389 e. The quantitative estimate of drug-likeness (QED) is 0.795. The van der Waals surface area contributed by atoms with Gasteiger partial charge in [0.25, 0.3) is 0 Å². The highest BCUT2D eigenvalue weighted by atomic mass is 16.3. The Morgan fingerprint density at radius 3 is 3.00 bits per heavy atom. The summed E-state index contributed by atoms with van der Waals surface area (Å²) in [5.74, 6) is 0. The molecule has 1 aliphatic heterocycles. The highest BCUT2D eigenvalue weighted by Crippen LogP contribution is 2.23. The van der Waals surface area contributed by atoms with Gasteiger partial charge in [-0.25, -0.2) is 0 Å². The van der Waals surface area contributed by atoms with Crippen molar-refractivity contribution in [2.75, 3.05) is 19.6 Å². The van der Waals surface area contributed by atoms with Crippen LogP contribution in [0.5, 0.6) is 0 Å². The van der Waals surface area contributed by atoms with Gasteiger partial charge in [-0.05, 0) is 31.4 Å². The molecule has 4 nitrogen and oxygen atoms in total. The normalized spacial score (nSPS) is 28.1. The molecule has 0 amide bonds. The maximum Gasteiger partial charge on any atom is 0.0951 e. The highest BCUT2D eigenvalue weighted by Gasteiger charge is 2.35. The zero-order chi connectivity index (χ0) is 14.2. The molecule has 1 saturated heterocycles. The predicted octanol–water partition coefficient (Wildman–Crippen LogP) is 1.53. The second-order valence-corrected chi connectivity index (χ2v) is 6.03. The topological polar surface area (TPSA) is 59.5 Å². The van der Waals surface area contributed by atoms with Gasteiger partial charge < -0.3 is 20.1 Å². The Kier molecular flexibility index (Phi) is 3.54. The Morgan fingerprint density at radius 1 is 1.40 bits per heavy atom. The first-order valence-corrected chi connectivity index (χ1v) is 7.24. The van der Waals surface area contributed by atoms with Crippen molar-refractivity contribution in [2.24, 2.45) is 0 Å². The molecular weight excluding hydrogens is 252 g/mol. The summed E-state index contributed by atoms with van der Waals surface area (Å²) in [6.45, 7) is 4.02. The first kappa shape index (κ1) is 13.6. The molecule has 108 valence electrons. The summed E-state index contributed by atoms with van der Waals surface area (Å²) in [5, 5.41) is 21.2. The van der Waals surface area contributed by atoms with E-state index in [0.717, 1.165) is 19.5 Å². The summed E-state index contributed by atoms with van der Waals surface area (Å²) in [7, 11) is 0. The van der Waals surface area contributed by atoms with E-state index in [2.05, 4.69) is 34.3 Å². The number of aliphatic hydroxyl groups excluding tert-OH is 1. The molecule has 0 saturated carbocycles. The highest BCUT2D eigenvalue weighted by molar-refractivity contribution is 5.83. The number of piperidine rings is 1. The molecule has 1 aromatic carbocycles. The lowest BCUT2D eigenvalue weighted by Gasteiger charge is -2.39. The number of hydrogen-bond acceptors (Lipinski definition) is 3. The molecule has 2 aromatic rings. The van der Waals surface area contributed by atoms with Crippen LogP contribution in [0, 0.1) is 0 Å². The second kappa shape index (κ2) is 5.20. The van der Waals surface area contributed by atoms with Crippen LogP contribution in [0.3, 0.4) is 0 Å². The summed E-state index contributed by atoms with van der Waals surface area (Å²) < 4.78 is 0. The van der Waals surface area contributed by atoms with E-state index in [1.807, 2.05) is 6.07 Å². The Bertz CT molecular complexity index is 591. The number of H-pyrrole nitrogens is 1. The molecule has 0 unspecified atom stereocenters. The number of para-hydroxylation sites is 1. The number of aromatic nitrogens is 1. The van der Waals surface area contributed by atoms with E-state index in [-0.39, 0.29) is 0 Å². The molecule has 1 aromatic heterocycles. The van der Waals surface area contributed by atoms with Gasteiger partial charge in [0.1, 0.15) is 0 Å². The molecular formula is C16H22N2O2. The van der Waals surface area contributed by atoms with Gasteiger partial charge in [-0.1, -0.05) is 18.2 Å². The minimum atomic E-state index is -0.933. The van der Waals surface area contributed by atoms with E-state index in [4.69, 9.17) is 0 Å². The first-order chi connectivity index (χ1) is 9.56. The molecule has 3 N–H and O–H groups in total. The largest absolute Gasteiger partial charge is 0.389 e. The summed E-state index contributed by atoms with van der Waals surface area (Å²) in [5.41, 5.74) is 1.55. The van der Waals surface area contributed by atoms with Crippen LogP contribution in [0.25, 0.3) is 10.9 Å². The Hall–Kier alpha value is -1.36. The van der Waals surface area contributed by atoms with E-state index < -0.39 is 11.7 Å². The van der Waals surface area contributed by atoms with E-state index in [0.29, 0.717) is 13.0 Å². The van der Waals surface area contributed by atoms with E-state index in [1.54, 1.807) is 6.92 Å². The number of aliphatic hydroxyl groups is 2. The molecule has 2 atom stereocenters. The number of rotatable bonds is 3. The maximum atomic E-state index is 9.97. The van der Waals surface area contributed by atoms with Crippen LogP contribution in [0.1, 0.15) is 18.9 Å². The van der Waals surface area contributed by atoms with Crippen LogP contribution in [-0.2, 0) is 6.42 Å². The van der Waals surface area contributed by atoms with Crippen LogP contribution in [0.4, 0.5) is 0 Å². The number of β-amino-alcohol motifs (C(OH)–C–C–N with tert-alkyl or cyclic N) is 1. The van der Waals surface area contributed by atoms with Crippen molar-refractivity contribution >= 4 is 10.9 Å². The van der Waals surface area contributed by atoms with Gasteiger partial charge in [-0.2, -0.15) is 0 Å². The average Bonchev–Trinajstić information content (AvgIpc) is 2.84. The van der Waals surface area contributed by atoms with Crippen LogP contribution in [-0.4, -0.2) is 51.4 Å². The average molecular weight is 274 g/mol. The number of likely N-dealkylation sites (tertiary alicyclic amines) is 1.